The molecule has 0 aromatic heterocycles. The molecule has 0 bridgehead atoms. The summed E-state index contributed by atoms with van der Waals surface area (Å²) in [6.45, 7) is 4.11. The minimum atomic E-state index is -1.82. The van der Waals surface area contributed by atoms with Gasteiger partial charge in [-0.05, 0) is 42.0 Å². The lowest BCUT2D eigenvalue weighted by Gasteiger charge is -2.34. The standard InChI is InChI=1S/C20H24N2O3.C2H2O4/c1-24-18-8-6-17(7-9-18)20(23)22-12-10-21(11-13-22)15-16-4-3-5-19(14-16)25-2;3-1(4)2(5)6/h3-9,14H,10-13,15H2,1-2H3;(H,3,4)(H,5,6). The van der Waals surface area contributed by atoms with E-state index in [1.54, 1.807) is 14.2 Å². The van der Waals surface area contributed by atoms with Crippen molar-refractivity contribution in [1.82, 2.24) is 9.80 Å². The number of aliphatic carboxylic acids is 2. The summed E-state index contributed by atoms with van der Waals surface area (Å²) < 4.78 is 10.4. The Morgan fingerprint density at radius 1 is 0.839 bits per heavy atom. The van der Waals surface area contributed by atoms with Gasteiger partial charge in [-0.3, -0.25) is 9.69 Å². The molecule has 166 valence electrons. The highest BCUT2D eigenvalue weighted by atomic mass is 16.5. The summed E-state index contributed by atoms with van der Waals surface area (Å²) in [6.07, 6.45) is 0. The van der Waals surface area contributed by atoms with E-state index in [0.29, 0.717) is 5.56 Å². The number of piperazine rings is 1. The zero-order chi connectivity index (χ0) is 22.8. The fourth-order valence-corrected chi connectivity index (χ4v) is 3.05. The molecule has 3 rings (SSSR count). The third-order valence-electron chi connectivity index (χ3n) is 4.72. The predicted molar refractivity (Wildman–Crippen MR) is 112 cm³/mol. The third-order valence-corrected chi connectivity index (χ3v) is 4.72. The van der Waals surface area contributed by atoms with Crippen molar-refractivity contribution in [3.05, 3.63) is 59.7 Å². The Bertz CT molecular complexity index is 879. The molecule has 0 aliphatic carbocycles. The van der Waals surface area contributed by atoms with Gasteiger partial charge in [0.1, 0.15) is 11.5 Å². The maximum atomic E-state index is 12.6. The fraction of sp³-hybridized carbons (Fsp3) is 0.318. The molecule has 9 nitrogen and oxygen atoms in total. The van der Waals surface area contributed by atoms with Gasteiger partial charge in [0.2, 0.25) is 0 Å². The summed E-state index contributed by atoms with van der Waals surface area (Å²) in [5.41, 5.74) is 1.94. The van der Waals surface area contributed by atoms with Crippen molar-refractivity contribution >= 4 is 17.8 Å². The number of hydrogen-bond acceptors (Lipinski definition) is 6. The molecule has 0 atom stereocenters. The summed E-state index contributed by atoms with van der Waals surface area (Å²) in [5, 5.41) is 14.8. The third kappa shape index (κ3) is 7.31. The molecule has 9 heteroatoms. The van der Waals surface area contributed by atoms with Gasteiger partial charge in [-0.15, -0.1) is 0 Å². The van der Waals surface area contributed by atoms with E-state index < -0.39 is 11.9 Å². The molecule has 0 spiro atoms. The SMILES string of the molecule is COc1ccc(C(=O)N2CCN(Cc3cccc(OC)c3)CC2)cc1.O=C(O)C(=O)O. The molecule has 1 fully saturated rings. The molecule has 2 N–H and O–H groups in total. The summed E-state index contributed by atoms with van der Waals surface area (Å²) >= 11 is 0. The lowest BCUT2D eigenvalue weighted by Crippen LogP contribution is -2.48. The van der Waals surface area contributed by atoms with Gasteiger partial charge in [-0.25, -0.2) is 9.59 Å². The number of carbonyl (C=O) groups excluding carboxylic acids is 1. The maximum absolute atomic E-state index is 12.6. The van der Waals surface area contributed by atoms with Crippen molar-refractivity contribution < 1.29 is 34.1 Å². The van der Waals surface area contributed by atoms with Crippen LogP contribution in [-0.4, -0.2) is 78.3 Å². The predicted octanol–water partition coefficient (Wildman–Crippen LogP) is 1.82. The topological polar surface area (TPSA) is 117 Å². The van der Waals surface area contributed by atoms with Crippen LogP contribution in [0.2, 0.25) is 0 Å². The average Bonchev–Trinajstić information content (AvgIpc) is 2.79. The Hall–Kier alpha value is -3.59. The monoisotopic (exact) mass is 430 g/mol. The summed E-state index contributed by atoms with van der Waals surface area (Å²) in [4.78, 5) is 35.1. The van der Waals surface area contributed by atoms with Crippen molar-refractivity contribution in [2.45, 2.75) is 6.54 Å². The van der Waals surface area contributed by atoms with E-state index in [-0.39, 0.29) is 5.91 Å². The minimum absolute atomic E-state index is 0.0867. The quantitative estimate of drug-likeness (QED) is 0.690. The number of carboxylic acids is 2. The second kappa shape index (κ2) is 11.6. The van der Waals surface area contributed by atoms with Crippen molar-refractivity contribution in [3.8, 4) is 11.5 Å². The highest BCUT2D eigenvalue weighted by Gasteiger charge is 2.22. The molecular formula is C22H26N2O7. The molecule has 0 unspecified atom stereocenters. The molecule has 1 amide bonds. The van der Waals surface area contributed by atoms with Crippen LogP contribution in [0.1, 0.15) is 15.9 Å². The summed E-state index contributed by atoms with van der Waals surface area (Å²) in [5.74, 6) is -1.92. The van der Waals surface area contributed by atoms with E-state index in [1.807, 2.05) is 41.3 Å². The summed E-state index contributed by atoms with van der Waals surface area (Å²) in [6, 6.07) is 15.4. The van der Waals surface area contributed by atoms with Crippen molar-refractivity contribution in [1.29, 1.82) is 0 Å². The first-order chi connectivity index (χ1) is 14.8. The molecule has 31 heavy (non-hydrogen) atoms. The normalized spacial score (nSPS) is 13.5. The van der Waals surface area contributed by atoms with Gasteiger partial charge >= 0.3 is 11.9 Å². The Kier molecular flexibility index (Phi) is 8.83. The largest absolute Gasteiger partial charge is 0.497 e. The Labute approximate surface area is 180 Å². The van der Waals surface area contributed by atoms with Gasteiger partial charge in [0.05, 0.1) is 14.2 Å². The van der Waals surface area contributed by atoms with E-state index in [0.717, 1.165) is 44.2 Å². The number of benzene rings is 2. The lowest BCUT2D eigenvalue weighted by atomic mass is 10.1. The van der Waals surface area contributed by atoms with Crippen molar-refractivity contribution in [2.24, 2.45) is 0 Å². The molecule has 1 aliphatic rings. The van der Waals surface area contributed by atoms with Crippen LogP contribution in [0, 0.1) is 0 Å². The zero-order valence-electron chi connectivity index (χ0n) is 17.5. The number of ether oxygens (including phenoxy) is 2. The molecule has 1 heterocycles. The van der Waals surface area contributed by atoms with Crippen LogP contribution < -0.4 is 9.47 Å². The lowest BCUT2D eigenvalue weighted by molar-refractivity contribution is -0.159. The number of carboxylic acid groups (broad SMARTS) is 2. The smallest absolute Gasteiger partial charge is 0.414 e. The molecule has 1 aliphatic heterocycles. The van der Waals surface area contributed by atoms with Gasteiger partial charge in [0.15, 0.2) is 0 Å². The number of rotatable bonds is 5. The van der Waals surface area contributed by atoms with E-state index >= 15 is 0 Å². The van der Waals surface area contributed by atoms with Crippen molar-refractivity contribution in [2.75, 3.05) is 40.4 Å². The van der Waals surface area contributed by atoms with Gasteiger partial charge in [0, 0.05) is 38.3 Å². The van der Waals surface area contributed by atoms with Gasteiger partial charge in [-0.1, -0.05) is 12.1 Å². The molecule has 2 aromatic rings. The molecular weight excluding hydrogens is 404 g/mol. The first-order valence-corrected chi connectivity index (χ1v) is 9.59. The number of nitrogens with zero attached hydrogens (tertiary/aromatic N) is 2. The number of methoxy groups -OCH3 is 2. The van der Waals surface area contributed by atoms with E-state index in [2.05, 4.69) is 17.0 Å². The maximum Gasteiger partial charge on any atom is 0.414 e. The van der Waals surface area contributed by atoms with Gasteiger partial charge in [-0.2, -0.15) is 0 Å². The Morgan fingerprint density at radius 2 is 1.42 bits per heavy atom. The highest BCUT2D eigenvalue weighted by Crippen LogP contribution is 2.17. The average molecular weight is 430 g/mol. The van der Waals surface area contributed by atoms with Crippen LogP contribution in [0.4, 0.5) is 0 Å². The summed E-state index contributed by atoms with van der Waals surface area (Å²) in [7, 11) is 3.31. The second-order valence-corrected chi connectivity index (χ2v) is 6.76. The van der Waals surface area contributed by atoms with E-state index in [1.165, 1.54) is 5.56 Å². The number of amides is 1. The van der Waals surface area contributed by atoms with E-state index in [9.17, 15) is 4.79 Å². The first-order valence-electron chi connectivity index (χ1n) is 9.59. The van der Waals surface area contributed by atoms with Crippen LogP contribution >= 0.6 is 0 Å². The van der Waals surface area contributed by atoms with Crippen LogP contribution in [-0.2, 0) is 16.1 Å². The molecule has 2 aromatic carbocycles. The van der Waals surface area contributed by atoms with E-state index in [4.69, 9.17) is 29.3 Å². The Morgan fingerprint density at radius 3 is 1.94 bits per heavy atom. The number of hydrogen-bond donors (Lipinski definition) is 2. The van der Waals surface area contributed by atoms with Gasteiger partial charge in [0.25, 0.3) is 5.91 Å². The fourth-order valence-electron chi connectivity index (χ4n) is 3.05. The van der Waals surface area contributed by atoms with Crippen LogP contribution in [0.3, 0.4) is 0 Å². The first kappa shape index (κ1) is 23.7. The highest BCUT2D eigenvalue weighted by molar-refractivity contribution is 6.27. The van der Waals surface area contributed by atoms with Gasteiger partial charge < -0.3 is 24.6 Å². The van der Waals surface area contributed by atoms with Crippen LogP contribution in [0.25, 0.3) is 0 Å². The molecule has 1 saturated heterocycles. The molecule has 0 radical (unpaired) electrons. The molecule has 0 saturated carbocycles. The zero-order valence-corrected chi connectivity index (χ0v) is 17.5. The second-order valence-electron chi connectivity index (χ2n) is 6.76. The minimum Gasteiger partial charge on any atom is -0.497 e. The van der Waals surface area contributed by atoms with Crippen LogP contribution in [0.15, 0.2) is 48.5 Å². The van der Waals surface area contributed by atoms with Crippen LogP contribution in [0.5, 0.6) is 11.5 Å². The number of carbonyl (C=O) groups is 3. The van der Waals surface area contributed by atoms with Crippen molar-refractivity contribution in [3.63, 3.8) is 0 Å². The Balaban J connectivity index is 0.000000501.